The van der Waals surface area contributed by atoms with E-state index in [9.17, 15) is 76.2 Å². The van der Waals surface area contributed by atoms with Crippen LogP contribution in [0.4, 0.5) is 37.2 Å². The first kappa shape index (κ1) is 42.1. The molecule has 0 bridgehead atoms. The summed E-state index contributed by atoms with van der Waals surface area (Å²) in [7, 11) is -2.02. The lowest BCUT2D eigenvalue weighted by Crippen LogP contribution is -2.62. The Balaban J connectivity index is 1.14. The molecule has 3 aliphatic heterocycles. The molecule has 3 aliphatic rings. The molecule has 0 saturated carbocycles. The molecule has 2 atom stereocenters. The number of urea groups is 2. The van der Waals surface area contributed by atoms with Gasteiger partial charge in [0, 0.05) is 43.9 Å². The lowest BCUT2D eigenvalue weighted by Gasteiger charge is -2.41. The van der Waals surface area contributed by atoms with Crippen molar-refractivity contribution in [2.45, 2.75) is 37.3 Å². The maximum absolute atomic E-state index is 14.7. The molecule has 59 heavy (non-hydrogen) atoms. The Morgan fingerprint density at radius 1 is 0.847 bits per heavy atom. The van der Waals surface area contributed by atoms with Crippen molar-refractivity contribution >= 4 is 60.2 Å². The summed E-state index contributed by atoms with van der Waals surface area (Å²) < 4.78 is 75.4. The third kappa shape index (κ3) is 7.99. The number of phenolic OH excluding ortho intramolecular Hbond substituents is 3. The monoisotopic (exact) mass is 854 g/mol. The number of imide groups is 1. The number of piperazine rings is 1. The Morgan fingerprint density at radius 3 is 2.19 bits per heavy atom. The van der Waals surface area contributed by atoms with Crippen molar-refractivity contribution in [3.8, 4) is 23.0 Å². The van der Waals surface area contributed by atoms with Gasteiger partial charge in [-0.1, -0.05) is 17.7 Å². The highest BCUT2D eigenvalue weighted by Crippen LogP contribution is 2.41. The topological polar surface area (TPSA) is 259 Å². The van der Waals surface area contributed by atoms with Gasteiger partial charge in [-0.15, -0.1) is 0 Å². The molecule has 7 amide bonds. The number of aromatic carboxylic acids is 1. The molecule has 0 spiro atoms. The number of nitrogens with one attached hydrogen (secondary N) is 3. The van der Waals surface area contributed by atoms with Crippen LogP contribution in [0.25, 0.3) is 0 Å². The van der Waals surface area contributed by atoms with Gasteiger partial charge >= 0.3 is 37.0 Å². The number of carbonyl (C=O) groups excluding carboxylic acids is 5. The summed E-state index contributed by atoms with van der Waals surface area (Å²) in [4.78, 5) is 81.0. The Morgan fingerprint density at radius 2 is 1.53 bits per heavy atom. The van der Waals surface area contributed by atoms with Crippen LogP contribution in [0.1, 0.15) is 40.4 Å². The van der Waals surface area contributed by atoms with Crippen LogP contribution in [0.3, 0.4) is 0 Å². The predicted octanol–water partition coefficient (Wildman–Crippen LogP) is 2.11. The zero-order valence-electron chi connectivity index (χ0n) is 29.8. The van der Waals surface area contributed by atoms with Gasteiger partial charge in [-0.05, 0) is 37.0 Å². The quantitative estimate of drug-likeness (QED) is 0.0559. The van der Waals surface area contributed by atoms with E-state index in [1.54, 1.807) is 0 Å². The first-order chi connectivity index (χ1) is 27.8. The third-order valence-electron chi connectivity index (χ3n) is 9.85. The molecule has 25 heteroatoms. The number of nitrogens with zero attached hydrogens (tertiary/aromatic N) is 3. The van der Waals surface area contributed by atoms with E-state index in [0.29, 0.717) is 17.0 Å². The molecule has 18 nitrogen and oxygen atoms in total. The number of halogens is 6. The summed E-state index contributed by atoms with van der Waals surface area (Å²) in [5, 5.41) is 55.2. The molecular weight excluding hydrogens is 826 g/mol. The number of carbonyl (C=O) groups is 6. The van der Waals surface area contributed by atoms with Crippen molar-refractivity contribution in [2.24, 2.45) is 0 Å². The van der Waals surface area contributed by atoms with Gasteiger partial charge < -0.3 is 55.9 Å². The summed E-state index contributed by atoms with van der Waals surface area (Å²) in [6.07, 6.45) is -0.245. The Kier molecular flexibility index (Phi) is 11.7. The second-order valence-electron chi connectivity index (χ2n) is 13.4. The fraction of sp³-hybridized carbons (Fsp3) is 0.294. The number of amides is 7. The standard InChI is InChI=1S/C34H29BClF5N6O12/c36-21-14(10-17(39)25(48)26(21)49)24(29(51)43-19-9-12-1-2-15(37)20(32(54)55)28(12)59-35(19)58)44-34(57)47-8-7-46(30(52)31(47)53)13-3-5-45(6-4-13)33(56)42-18-11-16(38)22(40)27(50)23(18)41/h1-2,10-11,13,19,24,48-50,58H,3-9H2,(H,42,56)(H,43,51)(H,44,57)(H,54,55)/t19-,24+/m0/s1. The molecule has 8 N–H and O–H groups in total. The molecule has 0 aromatic heterocycles. The van der Waals surface area contributed by atoms with Crippen LogP contribution in [-0.4, -0.2) is 121 Å². The zero-order chi connectivity index (χ0) is 43.2. The molecule has 0 radical (unpaired) electrons. The SMILES string of the molecule is O=C(O)c1c(F)ccc2c1OB(O)[C@@H](NC(=O)[C@H](NC(=O)N1CCN(C3CCN(C(=O)Nc4cc(F)c(F)c(O)c4F)CC3)C(=O)C1=O)c1cc(F)c(O)c(O)c1Cl)C2. The maximum atomic E-state index is 14.7. The Labute approximate surface area is 332 Å². The van der Waals surface area contributed by atoms with E-state index < -0.39 is 141 Å². The van der Waals surface area contributed by atoms with Gasteiger partial charge in [0.05, 0.1) is 16.7 Å². The van der Waals surface area contributed by atoms with Gasteiger partial charge in [0.25, 0.3) is 0 Å². The van der Waals surface area contributed by atoms with Crippen molar-refractivity contribution < 1.29 is 80.8 Å². The van der Waals surface area contributed by atoms with Crippen molar-refractivity contribution in [2.75, 3.05) is 31.5 Å². The molecule has 312 valence electrons. The first-order valence-corrected chi connectivity index (χ1v) is 17.6. The number of anilines is 1. The van der Waals surface area contributed by atoms with Crippen molar-refractivity contribution in [3.05, 3.63) is 75.1 Å². The van der Waals surface area contributed by atoms with E-state index in [0.717, 1.165) is 21.9 Å². The lowest BCUT2D eigenvalue weighted by molar-refractivity contribution is -0.156. The number of fused-ring (bicyclic) bond motifs is 1. The van der Waals surface area contributed by atoms with E-state index in [2.05, 4.69) is 10.6 Å². The summed E-state index contributed by atoms with van der Waals surface area (Å²) >= 11 is 6.13. The van der Waals surface area contributed by atoms with Gasteiger partial charge in [0.15, 0.2) is 34.7 Å². The molecule has 0 unspecified atom stereocenters. The summed E-state index contributed by atoms with van der Waals surface area (Å²) in [5.41, 5.74) is -2.38. The number of rotatable bonds is 7. The average molecular weight is 855 g/mol. The largest absolute Gasteiger partial charge is 0.547 e. The lowest BCUT2D eigenvalue weighted by atomic mass is 9.72. The smallest absolute Gasteiger partial charge is 0.534 e. The van der Waals surface area contributed by atoms with Gasteiger partial charge in [-0.25, -0.2) is 31.9 Å². The number of likely N-dealkylation sites (tertiary alicyclic amines) is 1. The highest BCUT2D eigenvalue weighted by molar-refractivity contribution is 6.47. The fourth-order valence-corrected chi connectivity index (χ4v) is 7.04. The number of piperidine rings is 1. The fourth-order valence-electron chi connectivity index (χ4n) is 6.79. The third-order valence-corrected chi connectivity index (χ3v) is 10.3. The van der Waals surface area contributed by atoms with Crippen molar-refractivity contribution in [1.29, 1.82) is 0 Å². The number of aromatic hydroxyl groups is 3. The molecule has 0 aliphatic carbocycles. The molecule has 3 aromatic rings. The number of hydrogen-bond donors (Lipinski definition) is 8. The Bertz CT molecular complexity index is 2300. The average Bonchev–Trinajstić information content (AvgIpc) is 3.20. The minimum absolute atomic E-state index is 0.0282. The molecule has 3 aromatic carbocycles. The van der Waals surface area contributed by atoms with E-state index in [1.165, 1.54) is 0 Å². The summed E-state index contributed by atoms with van der Waals surface area (Å²) in [6, 6.07) is -2.40. The predicted molar refractivity (Wildman–Crippen MR) is 189 cm³/mol. The maximum Gasteiger partial charge on any atom is 0.547 e. The van der Waals surface area contributed by atoms with E-state index in [-0.39, 0.29) is 44.5 Å². The van der Waals surface area contributed by atoms with E-state index in [1.807, 2.05) is 5.32 Å². The highest BCUT2D eigenvalue weighted by atomic mass is 35.5. The second-order valence-corrected chi connectivity index (χ2v) is 13.7. The van der Waals surface area contributed by atoms with Crippen molar-refractivity contribution in [1.82, 2.24) is 25.3 Å². The van der Waals surface area contributed by atoms with Crippen LogP contribution in [0, 0.1) is 29.1 Å². The number of benzene rings is 3. The number of phenols is 3. The molecule has 2 fully saturated rings. The first-order valence-electron chi connectivity index (χ1n) is 17.3. The Hall–Kier alpha value is -6.56. The zero-order valence-corrected chi connectivity index (χ0v) is 30.5. The van der Waals surface area contributed by atoms with E-state index >= 15 is 0 Å². The van der Waals surface area contributed by atoms with E-state index in [4.69, 9.17) is 16.3 Å². The van der Waals surface area contributed by atoms with Gasteiger partial charge in [0.2, 0.25) is 11.7 Å². The second kappa shape index (κ2) is 16.4. The highest BCUT2D eigenvalue weighted by Gasteiger charge is 2.44. The summed E-state index contributed by atoms with van der Waals surface area (Å²) in [5.74, 6) is -19.5. The normalized spacial score (nSPS) is 17.6. The van der Waals surface area contributed by atoms with Crippen LogP contribution in [0.5, 0.6) is 23.0 Å². The van der Waals surface area contributed by atoms with Crippen LogP contribution < -0.4 is 20.6 Å². The number of carboxylic acid groups (broad SMARTS) is 1. The molecule has 3 heterocycles. The van der Waals surface area contributed by atoms with Crippen LogP contribution in [0.2, 0.25) is 5.02 Å². The minimum atomic E-state index is -2.13. The summed E-state index contributed by atoms with van der Waals surface area (Å²) in [6.45, 7) is -0.882. The van der Waals surface area contributed by atoms with Crippen LogP contribution in [0.15, 0.2) is 24.3 Å². The molecule has 2 saturated heterocycles. The molecular formula is C34H29BClF5N6O12. The van der Waals surface area contributed by atoms with Gasteiger partial charge in [-0.3, -0.25) is 19.3 Å². The number of carboxylic acids is 1. The van der Waals surface area contributed by atoms with Crippen LogP contribution >= 0.6 is 11.6 Å². The van der Waals surface area contributed by atoms with Gasteiger partial charge in [-0.2, -0.15) is 4.39 Å². The van der Waals surface area contributed by atoms with Crippen LogP contribution in [-0.2, 0) is 20.8 Å². The molecule has 6 rings (SSSR count). The van der Waals surface area contributed by atoms with Crippen molar-refractivity contribution in [3.63, 3.8) is 0 Å². The minimum Gasteiger partial charge on any atom is -0.534 e. The van der Waals surface area contributed by atoms with Gasteiger partial charge in [0.1, 0.15) is 23.2 Å². The number of hydrogen-bond acceptors (Lipinski definition) is 11.